The fraction of sp³-hybridized carbons (Fsp3) is 0.692. The number of alkyl halides is 3. The summed E-state index contributed by atoms with van der Waals surface area (Å²) in [7, 11) is 0. The van der Waals surface area contributed by atoms with Crippen LogP contribution in [0, 0.1) is 0 Å². The highest BCUT2D eigenvalue weighted by Gasteiger charge is 2.33. The van der Waals surface area contributed by atoms with E-state index in [2.05, 4.69) is 16.9 Å². The molecule has 1 unspecified atom stereocenters. The first-order chi connectivity index (χ1) is 9.32. The number of hydrogen-bond donors (Lipinski definition) is 1. The first-order valence-corrected chi connectivity index (χ1v) is 6.71. The predicted octanol–water partition coefficient (Wildman–Crippen LogP) is 3.82. The summed E-state index contributed by atoms with van der Waals surface area (Å²) in [5, 5.41) is 0. The van der Waals surface area contributed by atoms with Crippen molar-refractivity contribution in [2.75, 3.05) is 5.73 Å². The lowest BCUT2D eigenvalue weighted by atomic mass is 10.1. The Hall–Kier alpha value is -1.53. The number of anilines is 1. The third-order valence-electron chi connectivity index (χ3n) is 2.80. The van der Waals surface area contributed by atoms with Crippen LogP contribution in [0.25, 0.3) is 0 Å². The van der Waals surface area contributed by atoms with E-state index in [9.17, 15) is 13.2 Å². The van der Waals surface area contributed by atoms with Gasteiger partial charge in [-0.2, -0.15) is 18.2 Å². The summed E-state index contributed by atoms with van der Waals surface area (Å²) in [6, 6.07) is 0.777. The van der Waals surface area contributed by atoms with E-state index in [4.69, 9.17) is 10.5 Å². The third kappa shape index (κ3) is 5.63. The SMILES string of the molecule is CCCCCCC(C)Oc1cc(C(F)(F)F)nc(N)n1. The van der Waals surface area contributed by atoms with Crippen molar-refractivity contribution < 1.29 is 17.9 Å². The molecule has 0 aliphatic heterocycles. The van der Waals surface area contributed by atoms with Crippen molar-refractivity contribution >= 4 is 5.95 Å². The molecule has 1 aromatic heterocycles. The quantitative estimate of drug-likeness (QED) is 0.776. The zero-order valence-corrected chi connectivity index (χ0v) is 11.7. The lowest BCUT2D eigenvalue weighted by Gasteiger charge is -2.15. The number of nitrogen functional groups attached to an aromatic ring is 1. The average Bonchev–Trinajstić information content (AvgIpc) is 2.33. The maximum Gasteiger partial charge on any atom is 0.433 e. The predicted molar refractivity (Wildman–Crippen MR) is 70.3 cm³/mol. The van der Waals surface area contributed by atoms with Gasteiger partial charge in [0.15, 0.2) is 5.69 Å². The van der Waals surface area contributed by atoms with Gasteiger partial charge in [-0.1, -0.05) is 26.2 Å². The van der Waals surface area contributed by atoms with Crippen LogP contribution in [0.15, 0.2) is 6.07 Å². The maximum absolute atomic E-state index is 12.6. The zero-order chi connectivity index (χ0) is 15.2. The summed E-state index contributed by atoms with van der Waals surface area (Å²) < 4.78 is 43.1. The largest absolute Gasteiger partial charge is 0.475 e. The fourth-order valence-corrected chi connectivity index (χ4v) is 1.77. The maximum atomic E-state index is 12.6. The van der Waals surface area contributed by atoms with Crippen molar-refractivity contribution in [3.05, 3.63) is 11.8 Å². The van der Waals surface area contributed by atoms with Crippen molar-refractivity contribution in [2.45, 2.75) is 58.2 Å². The molecule has 2 N–H and O–H groups in total. The first-order valence-electron chi connectivity index (χ1n) is 6.71. The minimum Gasteiger partial charge on any atom is -0.475 e. The van der Waals surface area contributed by atoms with Crippen LogP contribution in [0.4, 0.5) is 19.1 Å². The number of aromatic nitrogens is 2. The van der Waals surface area contributed by atoms with E-state index in [1.165, 1.54) is 0 Å². The normalized spacial score (nSPS) is 13.2. The lowest BCUT2D eigenvalue weighted by Crippen LogP contribution is -2.16. The molecule has 0 spiro atoms. The second-order valence-electron chi connectivity index (χ2n) is 4.73. The number of nitrogens with two attached hydrogens (primary N) is 1. The van der Waals surface area contributed by atoms with E-state index in [0.29, 0.717) is 0 Å². The summed E-state index contributed by atoms with van der Waals surface area (Å²) in [6.07, 6.45) is 0.344. The molecule has 1 heterocycles. The van der Waals surface area contributed by atoms with Crippen molar-refractivity contribution in [1.29, 1.82) is 0 Å². The van der Waals surface area contributed by atoms with Gasteiger partial charge in [-0.3, -0.25) is 0 Å². The van der Waals surface area contributed by atoms with Crippen LogP contribution in [0.3, 0.4) is 0 Å². The molecule has 0 bridgehead atoms. The zero-order valence-electron chi connectivity index (χ0n) is 11.7. The van der Waals surface area contributed by atoms with Crippen LogP contribution in [-0.2, 0) is 6.18 Å². The van der Waals surface area contributed by atoms with Crippen molar-refractivity contribution in [3.8, 4) is 5.88 Å². The van der Waals surface area contributed by atoms with Crippen LogP contribution in [0.2, 0.25) is 0 Å². The number of nitrogens with zero attached hydrogens (tertiary/aromatic N) is 2. The molecule has 0 aromatic carbocycles. The molecule has 1 aromatic rings. The van der Waals surface area contributed by atoms with Gasteiger partial charge >= 0.3 is 6.18 Å². The van der Waals surface area contributed by atoms with Crippen LogP contribution in [0.1, 0.15) is 51.6 Å². The van der Waals surface area contributed by atoms with Crippen molar-refractivity contribution in [1.82, 2.24) is 9.97 Å². The van der Waals surface area contributed by atoms with E-state index in [1.807, 2.05) is 0 Å². The summed E-state index contributed by atoms with van der Waals surface area (Å²) in [5.41, 5.74) is 4.18. The molecule has 1 rings (SSSR count). The Labute approximate surface area is 116 Å². The highest BCUT2D eigenvalue weighted by molar-refractivity contribution is 5.27. The molecule has 0 saturated carbocycles. The van der Waals surface area contributed by atoms with Crippen molar-refractivity contribution in [3.63, 3.8) is 0 Å². The first kappa shape index (κ1) is 16.5. The van der Waals surface area contributed by atoms with Gasteiger partial charge in [0.25, 0.3) is 0 Å². The Kier molecular flexibility index (Phi) is 6.04. The van der Waals surface area contributed by atoms with Crippen LogP contribution in [0.5, 0.6) is 5.88 Å². The van der Waals surface area contributed by atoms with E-state index in [1.54, 1.807) is 6.92 Å². The molecular formula is C13H20F3N3O. The van der Waals surface area contributed by atoms with Gasteiger partial charge < -0.3 is 10.5 Å². The number of halogens is 3. The van der Waals surface area contributed by atoms with Gasteiger partial charge in [-0.15, -0.1) is 0 Å². The number of rotatable bonds is 7. The molecule has 0 fully saturated rings. The Morgan fingerprint density at radius 1 is 1.25 bits per heavy atom. The summed E-state index contributed by atoms with van der Waals surface area (Å²) in [6.45, 7) is 3.92. The fourth-order valence-electron chi connectivity index (χ4n) is 1.77. The van der Waals surface area contributed by atoms with Crippen LogP contribution < -0.4 is 10.5 Å². The molecular weight excluding hydrogens is 271 g/mol. The van der Waals surface area contributed by atoms with Crippen LogP contribution >= 0.6 is 0 Å². The topological polar surface area (TPSA) is 61.0 Å². The molecule has 0 radical (unpaired) electrons. The molecule has 1 atom stereocenters. The molecule has 0 aliphatic rings. The summed E-state index contributed by atoms with van der Waals surface area (Å²) in [5.74, 6) is -0.569. The second-order valence-corrected chi connectivity index (χ2v) is 4.73. The van der Waals surface area contributed by atoms with Gasteiger partial charge in [-0.05, 0) is 19.8 Å². The molecule has 0 saturated heterocycles. The smallest absolute Gasteiger partial charge is 0.433 e. The number of hydrogen-bond acceptors (Lipinski definition) is 4. The Morgan fingerprint density at radius 3 is 2.55 bits per heavy atom. The molecule has 4 nitrogen and oxygen atoms in total. The van der Waals surface area contributed by atoms with Crippen LogP contribution in [-0.4, -0.2) is 16.1 Å². The molecule has 20 heavy (non-hydrogen) atoms. The highest BCUT2D eigenvalue weighted by atomic mass is 19.4. The van der Waals surface area contributed by atoms with Gasteiger partial charge in [0, 0.05) is 6.07 Å². The Morgan fingerprint density at radius 2 is 1.95 bits per heavy atom. The van der Waals surface area contributed by atoms with E-state index >= 15 is 0 Å². The summed E-state index contributed by atoms with van der Waals surface area (Å²) in [4.78, 5) is 6.84. The van der Waals surface area contributed by atoms with Gasteiger partial charge in [0.05, 0.1) is 6.10 Å². The van der Waals surface area contributed by atoms with E-state index in [-0.39, 0.29) is 12.0 Å². The van der Waals surface area contributed by atoms with Crippen molar-refractivity contribution in [2.24, 2.45) is 0 Å². The summed E-state index contributed by atoms with van der Waals surface area (Å²) >= 11 is 0. The monoisotopic (exact) mass is 291 g/mol. The molecule has 0 amide bonds. The second kappa shape index (κ2) is 7.31. The standard InChI is InChI=1S/C13H20F3N3O/c1-3-4-5-6-7-9(2)20-11-8-10(13(14,15)16)18-12(17)19-11/h8-9H,3-7H2,1-2H3,(H2,17,18,19). The van der Waals surface area contributed by atoms with Gasteiger partial charge in [-0.25, -0.2) is 4.98 Å². The molecule has 0 aliphatic carbocycles. The number of ether oxygens (including phenoxy) is 1. The average molecular weight is 291 g/mol. The molecule has 114 valence electrons. The lowest BCUT2D eigenvalue weighted by molar-refractivity contribution is -0.141. The molecule has 7 heteroatoms. The Bertz CT molecular complexity index is 424. The minimum atomic E-state index is -4.56. The minimum absolute atomic E-state index is 0.132. The Balaban J connectivity index is 2.61. The number of unbranched alkanes of at least 4 members (excludes halogenated alkanes) is 3. The van der Waals surface area contributed by atoms with Gasteiger partial charge in [0.1, 0.15) is 0 Å². The van der Waals surface area contributed by atoms with E-state index in [0.717, 1.165) is 38.2 Å². The third-order valence-corrected chi connectivity index (χ3v) is 2.80. The van der Waals surface area contributed by atoms with Gasteiger partial charge in [0.2, 0.25) is 11.8 Å². The van der Waals surface area contributed by atoms with E-state index < -0.39 is 17.8 Å². The highest BCUT2D eigenvalue weighted by Crippen LogP contribution is 2.30.